The molecule has 4 nitrogen and oxygen atoms in total. The van der Waals surface area contributed by atoms with Crippen LogP contribution in [0.3, 0.4) is 0 Å². The van der Waals surface area contributed by atoms with Gasteiger partial charge in [0.25, 0.3) is 11.1 Å². The normalized spacial score (nSPS) is 21.4. The number of allylic oxidation sites excluding steroid dienone is 1. The van der Waals surface area contributed by atoms with E-state index in [0.29, 0.717) is 9.93 Å². The molecule has 1 fully saturated rings. The first kappa shape index (κ1) is 19.8. The van der Waals surface area contributed by atoms with Crippen molar-refractivity contribution < 1.29 is 9.59 Å². The molecule has 1 saturated heterocycles. The van der Waals surface area contributed by atoms with Gasteiger partial charge in [-0.15, -0.1) is 6.58 Å². The molecule has 0 N–H and O–H groups in total. The summed E-state index contributed by atoms with van der Waals surface area (Å²) in [5, 5.41) is 0.264. The molecule has 0 aliphatic carbocycles. The molecule has 3 rings (SSSR count). The first-order valence-corrected chi connectivity index (χ1v) is 9.93. The number of fused-ring (bicyclic) bond motifs is 1. The molecule has 2 aliphatic heterocycles. The maximum atomic E-state index is 12.6. The molecule has 0 radical (unpaired) electrons. The van der Waals surface area contributed by atoms with Crippen molar-refractivity contribution in [2.24, 2.45) is 0 Å². The fourth-order valence-electron chi connectivity index (χ4n) is 3.38. The number of thioether (sulfide) groups is 1. The first-order chi connectivity index (χ1) is 12.6. The molecule has 0 bridgehead atoms. The molecule has 0 spiro atoms. The van der Waals surface area contributed by atoms with Crippen LogP contribution in [-0.4, -0.2) is 34.7 Å². The second-order valence-corrected chi connectivity index (χ2v) is 8.86. The number of hydrogen-bond acceptors (Lipinski definition) is 4. The van der Waals surface area contributed by atoms with E-state index < -0.39 is 0 Å². The number of amides is 2. The molecule has 1 unspecified atom stereocenters. The quantitative estimate of drug-likeness (QED) is 0.488. The van der Waals surface area contributed by atoms with Crippen molar-refractivity contribution in [2.45, 2.75) is 39.3 Å². The maximum absolute atomic E-state index is 12.6. The van der Waals surface area contributed by atoms with E-state index in [1.54, 1.807) is 19.1 Å². The first-order valence-electron chi connectivity index (χ1n) is 8.73. The second kappa shape index (κ2) is 6.88. The number of imide groups is 1. The van der Waals surface area contributed by atoms with Crippen LogP contribution in [0.25, 0.3) is 11.6 Å². The standard InChI is InChI=1S/C21H23ClN2O2S/c1-7-13(3)24-19(25)18(27-20(24)26)9-14-8-15-12(2)11-21(4,5)23(6)17(15)10-16(14)22/h7-11,13H,1H2,2-6H3/b18-9+. The van der Waals surface area contributed by atoms with E-state index in [1.165, 1.54) is 4.90 Å². The van der Waals surface area contributed by atoms with E-state index in [9.17, 15) is 9.59 Å². The van der Waals surface area contributed by atoms with Crippen LogP contribution < -0.4 is 4.90 Å². The number of nitrogens with zero attached hydrogens (tertiary/aromatic N) is 2. The number of hydrogen-bond donors (Lipinski definition) is 0. The third-order valence-electron chi connectivity index (χ3n) is 5.19. The highest BCUT2D eigenvalue weighted by Gasteiger charge is 2.37. The zero-order chi connectivity index (χ0) is 20.1. The highest BCUT2D eigenvalue weighted by atomic mass is 35.5. The van der Waals surface area contributed by atoms with Gasteiger partial charge in [0.05, 0.1) is 16.5 Å². The van der Waals surface area contributed by atoms with E-state index >= 15 is 0 Å². The minimum atomic E-state index is -0.344. The summed E-state index contributed by atoms with van der Waals surface area (Å²) in [6.45, 7) is 11.8. The van der Waals surface area contributed by atoms with Gasteiger partial charge in [0.2, 0.25) is 0 Å². The van der Waals surface area contributed by atoms with Gasteiger partial charge in [-0.25, -0.2) is 0 Å². The molecule has 1 atom stereocenters. The summed E-state index contributed by atoms with van der Waals surface area (Å²) in [6.07, 6.45) is 5.50. The Morgan fingerprint density at radius 3 is 2.59 bits per heavy atom. The van der Waals surface area contributed by atoms with Crippen molar-refractivity contribution >= 4 is 51.8 Å². The molecule has 6 heteroatoms. The fraction of sp³-hybridized carbons (Fsp3) is 0.333. The summed E-state index contributed by atoms with van der Waals surface area (Å²) >= 11 is 7.46. The summed E-state index contributed by atoms with van der Waals surface area (Å²) in [5.41, 5.74) is 3.91. The summed E-state index contributed by atoms with van der Waals surface area (Å²) in [5.74, 6) is -0.309. The van der Waals surface area contributed by atoms with E-state index in [-0.39, 0.29) is 22.7 Å². The van der Waals surface area contributed by atoms with Gasteiger partial charge in [-0.2, -0.15) is 0 Å². The number of carbonyl (C=O) groups excluding carboxylic acids is 2. The predicted octanol–water partition coefficient (Wildman–Crippen LogP) is 5.58. The number of rotatable bonds is 3. The van der Waals surface area contributed by atoms with Gasteiger partial charge in [-0.3, -0.25) is 14.5 Å². The Balaban J connectivity index is 2.04. The molecule has 27 heavy (non-hydrogen) atoms. The third-order valence-corrected chi connectivity index (χ3v) is 6.40. The Morgan fingerprint density at radius 2 is 1.96 bits per heavy atom. The topological polar surface area (TPSA) is 40.6 Å². The van der Waals surface area contributed by atoms with E-state index in [0.717, 1.165) is 34.1 Å². The van der Waals surface area contributed by atoms with Gasteiger partial charge in [-0.1, -0.05) is 23.8 Å². The molecule has 142 valence electrons. The van der Waals surface area contributed by atoms with Crippen molar-refractivity contribution in [3.8, 4) is 0 Å². The maximum Gasteiger partial charge on any atom is 0.294 e. The van der Waals surface area contributed by atoms with Gasteiger partial charge in [0, 0.05) is 23.3 Å². The number of halogens is 1. The lowest BCUT2D eigenvalue weighted by Crippen LogP contribution is -2.42. The van der Waals surface area contributed by atoms with Crippen LogP contribution in [0, 0.1) is 0 Å². The molecule has 0 saturated carbocycles. The number of benzene rings is 1. The summed E-state index contributed by atoms with van der Waals surface area (Å²) < 4.78 is 0. The lowest BCUT2D eigenvalue weighted by molar-refractivity contribution is -0.123. The van der Waals surface area contributed by atoms with E-state index in [2.05, 4.69) is 38.3 Å². The van der Waals surface area contributed by atoms with Gasteiger partial charge < -0.3 is 4.90 Å². The van der Waals surface area contributed by atoms with Crippen LogP contribution in [0.15, 0.2) is 35.8 Å². The molecule has 1 aromatic rings. The number of likely N-dealkylation sites (N-methyl/N-ethyl adjacent to an activating group) is 1. The zero-order valence-corrected chi connectivity index (χ0v) is 17.7. The molecular weight excluding hydrogens is 380 g/mol. The Labute approximate surface area is 169 Å². The highest BCUT2D eigenvalue weighted by molar-refractivity contribution is 8.18. The minimum Gasteiger partial charge on any atom is -0.365 e. The summed E-state index contributed by atoms with van der Waals surface area (Å²) in [6, 6.07) is 3.57. The Bertz CT molecular complexity index is 917. The largest absolute Gasteiger partial charge is 0.365 e. The SMILES string of the molecule is C=CC(C)N1C(=O)S/C(=C/c2cc3c(cc2Cl)N(C)C(C)(C)C=C3C)C1=O. The Kier molecular flexibility index (Phi) is 5.04. The van der Waals surface area contributed by atoms with Crippen molar-refractivity contribution in [3.05, 3.63) is 51.9 Å². The van der Waals surface area contributed by atoms with Crippen molar-refractivity contribution in [1.82, 2.24) is 4.90 Å². The van der Waals surface area contributed by atoms with Crippen molar-refractivity contribution in [2.75, 3.05) is 11.9 Å². The molecule has 2 aliphatic rings. The Morgan fingerprint density at radius 1 is 1.30 bits per heavy atom. The van der Waals surface area contributed by atoms with Crippen LogP contribution >= 0.6 is 23.4 Å². The van der Waals surface area contributed by atoms with Crippen LogP contribution in [0.5, 0.6) is 0 Å². The molecule has 2 amide bonds. The van der Waals surface area contributed by atoms with Crippen LogP contribution in [-0.2, 0) is 4.79 Å². The van der Waals surface area contributed by atoms with Crippen molar-refractivity contribution in [3.63, 3.8) is 0 Å². The van der Waals surface area contributed by atoms with Gasteiger partial charge in [0.15, 0.2) is 0 Å². The summed E-state index contributed by atoms with van der Waals surface area (Å²) in [7, 11) is 2.04. The smallest absolute Gasteiger partial charge is 0.294 e. The van der Waals surface area contributed by atoms with Gasteiger partial charge in [0.1, 0.15) is 0 Å². The van der Waals surface area contributed by atoms with Crippen LogP contribution in [0.1, 0.15) is 38.8 Å². The fourth-order valence-corrected chi connectivity index (χ4v) is 4.50. The molecule has 1 aromatic carbocycles. The average Bonchev–Trinajstić information content (AvgIpc) is 2.87. The van der Waals surface area contributed by atoms with E-state index in [4.69, 9.17) is 11.6 Å². The highest BCUT2D eigenvalue weighted by Crippen LogP contribution is 2.42. The molecule has 2 heterocycles. The molecular formula is C21H23ClN2O2S. The second-order valence-electron chi connectivity index (χ2n) is 7.46. The average molecular weight is 403 g/mol. The number of anilines is 1. The number of carbonyl (C=O) groups is 2. The van der Waals surface area contributed by atoms with E-state index in [1.807, 2.05) is 19.2 Å². The monoisotopic (exact) mass is 402 g/mol. The van der Waals surface area contributed by atoms with Crippen LogP contribution in [0.4, 0.5) is 10.5 Å². The Hall–Kier alpha value is -1.98. The van der Waals surface area contributed by atoms with Gasteiger partial charge in [-0.05, 0) is 68.8 Å². The predicted molar refractivity (Wildman–Crippen MR) is 115 cm³/mol. The van der Waals surface area contributed by atoms with Crippen molar-refractivity contribution in [1.29, 1.82) is 0 Å². The summed E-state index contributed by atoms with van der Waals surface area (Å²) in [4.78, 5) is 28.6. The molecule has 0 aromatic heterocycles. The zero-order valence-electron chi connectivity index (χ0n) is 16.2. The third kappa shape index (κ3) is 3.34. The lowest BCUT2D eigenvalue weighted by atomic mass is 9.88. The lowest BCUT2D eigenvalue weighted by Gasteiger charge is -2.40. The van der Waals surface area contributed by atoms with Gasteiger partial charge >= 0.3 is 0 Å². The van der Waals surface area contributed by atoms with Crippen LogP contribution in [0.2, 0.25) is 5.02 Å². The minimum absolute atomic E-state index is 0.106.